The molecule has 0 N–H and O–H groups in total. The molecule has 2 aromatic heterocycles. The zero-order valence-electron chi connectivity index (χ0n) is 12.5. The lowest BCUT2D eigenvalue weighted by Gasteiger charge is -2.32. The van der Waals surface area contributed by atoms with Gasteiger partial charge in [-0.3, -0.25) is 9.78 Å². The number of rotatable bonds is 3. The van der Waals surface area contributed by atoms with Gasteiger partial charge in [0.05, 0.1) is 12.1 Å². The number of amides is 1. The molecule has 0 bridgehead atoms. The van der Waals surface area contributed by atoms with E-state index in [1.54, 1.807) is 30.6 Å². The Kier molecular flexibility index (Phi) is 4.27. The minimum absolute atomic E-state index is 0.0121. The summed E-state index contributed by atoms with van der Waals surface area (Å²) < 4.78 is 5.82. The Balaban J connectivity index is 1.68. The van der Waals surface area contributed by atoms with E-state index in [9.17, 15) is 4.79 Å². The molecule has 0 radical (unpaired) electrons. The second kappa shape index (κ2) is 6.51. The van der Waals surface area contributed by atoms with Crippen molar-refractivity contribution >= 4 is 5.91 Å². The Morgan fingerprint density at radius 3 is 2.95 bits per heavy atom. The Morgan fingerprint density at radius 1 is 1.32 bits per heavy atom. The second-order valence-corrected chi connectivity index (χ2v) is 5.33. The molecule has 1 saturated heterocycles. The smallest absolute Gasteiger partial charge is 0.255 e. The molecule has 22 heavy (non-hydrogen) atoms. The van der Waals surface area contributed by atoms with Gasteiger partial charge >= 0.3 is 0 Å². The van der Waals surface area contributed by atoms with Crippen LogP contribution in [0.15, 0.2) is 36.7 Å². The van der Waals surface area contributed by atoms with Crippen LogP contribution in [0.4, 0.5) is 0 Å². The third-order valence-corrected chi connectivity index (χ3v) is 3.74. The number of ether oxygens (including phenoxy) is 1. The number of aryl methyl sites for hydroxylation is 1. The van der Waals surface area contributed by atoms with Crippen LogP contribution in [-0.2, 0) is 0 Å². The Morgan fingerprint density at radius 2 is 2.18 bits per heavy atom. The summed E-state index contributed by atoms with van der Waals surface area (Å²) in [6.07, 6.45) is 5.07. The van der Waals surface area contributed by atoms with Crippen molar-refractivity contribution in [2.24, 2.45) is 0 Å². The number of carbonyl (C=O) groups is 1. The predicted octanol–water partition coefficient (Wildman–Crippen LogP) is 1.86. The van der Waals surface area contributed by atoms with E-state index in [0.717, 1.165) is 25.1 Å². The molecule has 3 heterocycles. The average Bonchev–Trinajstić information content (AvgIpc) is 2.56. The molecule has 0 aromatic carbocycles. The largest absolute Gasteiger partial charge is 0.471 e. The molecule has 0 spiro atoms. The van der Waals surface area contributed by atoms with Gasteiger partial charge in [0.15, 0.2) is 0 Å². The zero-order chi connectivity index (χ0) is 15.4. The van der Waals surface area contributed by atoms with Gasteiger partial charge in [-0.2, -0.15) is 5.10 Å². The van der Waals surface area contributed by atoms with Crippen LogP contribution >= 0.6 is 0 Å². The number of aromatic nitrogens is 3. The molecule has 2 aromatic rings. The summed E-state index contributed by atoms with van der Waals surface area (Å²) in [5, 5.41) is 7.73. The van der Waals surface area contributed by atoms with Gasteiger partial charge in [0.1, 0.15) is 6.10 Å². The van der Waals surface area contributed by atoms with Crippen LogP contribution in [-0.4, -0.2) is 45.2 Å². The molecule has 1 aliphatic rings. The lowest BCUT2D eigenvalue weighted by Crippen LogP contribution is -2.44. The third-order valence-electron chi connectivity index (χ3n) is 3.74. The third kappa shape index (κ3) is 3.21. The molecule has 1 aliphatic heterocycles. The maximum absolute atomic E-state index is 12.6. The highest BCUT2D eigenvalue weighted by Crippen LogP contribution is 2.18. The summed E-state index contributed by atoms with van der Waals surface area (Å²) in [7, 11) is 0. The fourth-order valence-corrected chi connectivity index (χ4v) is 2.62. The lowest BCUT2D eigenvalue weighted by molar-refractivity contribution is 0.0524. The molecule has 3 rings (SSSR count). The van der Waals surface area contributed by atoms with Crippen LogP contribution in [0, 0.1) is 6.92 Å². The van der Waals surface area contributed by atoms with Crippen LogP contribution < -0.4 is 4.74 Å². The van der Waals surface area contributed by atoms with Crippen LogP contribution in [0.5, 0.6) is 5.88 Å². The maximum Gasteiger partial charge on any atom is 0.255 e. The van der Waals surface area contributed by atoms with Crippen molar-refractivity contribution in [3.05, 3.63) is 47.9 Å². The van der Waals surface area contributed by atoms with Gasteiger partial charge in [0.25, 0.3) is 5.91 Å². The maximum atomic E-state index is 12.6. The monoisotopic (exact) mass is 298 g/mol. The summed E-state index contributed by atoms with van der Waals surface area (Å²) >= 11 is 0. The normalized spacial score (nSPS) is 18.0. The molecule has 1 unspecified atom stereocenters. The molecule has 1 fully saturated rings. The van der Waals surface area contributed by atoms with Crippen LogP contribution in [0.25, 0.3) is 0 Å². The minimum Gasteiger partial charge on any atom is -0.471 e. The fourth-order valence-electron chi connectivity index (χ4n) is 2.62. The standard InChI is InChI=1S/C16H18N4O2/c1-12-14(6-2-8-17-12)16(21)20-10-4-5-13(11-20)22-15-7-3-9-18-19-15/h2-3,6-9,13H,4-5,10-11H2,1H3. The van der Waals surface area contributed by atoms with Crippen LogP contribution in [0.3, 0.4) is 0 Å². The van der Waals surface area contributed by atoms with Gasteiger partial charge in [-0.1, -0.05) is 0 Å². The topological polar surface area (TPSA) is 68.2 Å². The van der Waals surface area contributed by atoms with E-state index in [2.05, 4.69) is 15.2 Å². The first-order chi connectivity index (χ1) is 10.7. The average molecular weight is 298 g/mol. The molecule has 6 heteroatoms. The van der Waals surface area contributed by atoms with Crippen molar-refractivity contribution in [1.29, 1.82) is 0 Å². The minimum atomic E-state index is -0.0497. The predicted molar refractivity (Wildman–Crippen MR) is 80.6 cm³/mol. The summed E-state index contributed by atoms with van der Waals surface area (Å²) in [6, 6.07) is 7.17. The van der Waals surface area contributed by atoms with Gasteiger partial charge in [-0.25, -0.2) is 0 Å². The van der Waals surface area contributed by atoms with Gasteiger partial charge in [0, 0.05) is 30.7 Å². The molecule has 114 valence electrons. The number of piperidine rings is 1. The first kappa shape index (κ1) is 14.4. The van der Waals surface area contributed by atoms with Crippen LogP contribution in [0.2, 0.25) is 0 Å². The molecule has 0 aliphatic carbocycles. The van der Waals surface area contributed by atoms with Gasteiger partial charge < -0.3 is 9.64 Å². The zero-order valence-corrected chi connectivity index (χ0v) is 12.5. The molecule has 0 saturated carbocycles. The molecular formula is C16H18N4O2. The van der Waals surface area contributed by atoms with Crippen LogP contribution in [0.1, 0.15) is 28.9 Å². The number of hydrogen-bond donors (Lipinski definition) is 0. The summed E-state index contributed by atoms with van der Waals surface area (Å²) in [5.74, 6) is 0.511. The molecule has 1 amide bonds. The Labute approximate surface area is 129 Å². The van der Waals surface area contributed by atoms with Gasteiger partial charge in [-0.05, 0) is 38.0 Å². The first-order valence-electron chi connectivity index (χ1n) is 7.39. The fraction of sp³-hybridized carbons (Fsp3) is 0.375. The van der Waals surface area contributed by atoms with E-state index in [1.165, 1.54) is 0 Å². The summed E-state index contributed by atoms with van der Waals surface area (Å²) in [6.45, 7) is 3.15. The van der Waals surface area contributed by atoms with Crippen molar-refractivity contribution in [2.75, 3.05) is 13.1 Å². The molecule has 1 atom stereocenters. The van der Waals surface area contributed by atoms with Crippen molar-refractivity contribution < 1.29 is 9.53 Å². The Bertz CT molecular complexity index is 648. The molecular weight excluding hydrogens is 280 g/mol. The summed E-state index contributed by atoms with van der Waals surface area (Å²) in [5.41, 5.74) is 1.41. The number of pyridine rings is 1. The van der Waals surface area contributed by atoms with Crippen molar-refractivity contribution in [1.82, 2.24) is 20.1 Å². The quantitative estimate of drug-likeness (QED) is 0.865. The molecule has 6 nitrogen and oxygen atoms in total. The van der Waals surface area contributed by atoms with E-state index in [-0.39, 0.29) is 12.0 Å². The number of carbonyl (C=O) groups excluding carboxylic acids is 1. The number of hydrogen-bond acceptors (Lipinski definition) is 5. The van der Waals surface area contributed by atoms with E-state index >= 15 is 0 Å². The van der Waals surface area contributed by atoms with Crippen molar-refractivity contribution in [2.45, 2.75) is 25.9 Å². The van der Waals surface area contributed by atoms with Crippen molar-refractivity contribution in [3.8, 4) is 5.88 Å². The first-order valence-corrected chi connectivity index (χ1v) is 7.39. The van der Waals surface area contributed by atoms with E-state index in [0.29, 0.717) is 18.0 Å². The number of likely N-dealkylation sites (tertiary alicyclic amines) is 1. The summed E-state index contributed by atoms with van der Waals surface area (Å²) in [4.78, 5) is 18.6. The highest BCUT2D eigenvalue weighted by Gasteiger charge is 2.26. The van der Waals surface area contributed by atoms with Crippen molar-refractivity contribution in [3.63, 3.8) is 0 Å². The van der Waals surface area contributed by atoms with E-state index in [1.807, 2.05) is 17.9 Å². The second-order valence-electron chi connectivity index (χ2n) is 5.33. The Hall–Kier alpha value is -2.50. The van der Waals surface area contributed by atoms with Gasteiger partial charge in [-0.15, -0.1) is 5.10 Å². The number of nitrogens with zero attached hydrogens (tertiary/aromatic N) is 4. The van der Waals surface area contributed by atoms with Gasteiger partial charge in [0.2, 0.25) is 5.88 Å². The highest BCUT2D eigenvalue weighted by atomic mass is 16.5. The van der Waals surface area contributed by atoms with E-state index < -0.39 is 0 Å². The SMILES string of the molecule is Cc1ncccc1C(=O)N1CCCC(Oc2cccnn2)C1. The lowest BCUT2D eigenvalue weighted by atomic mass is 10.1. The van der Waals surface area contributed by atoms with E-state index in [4.69, 9.17) is 4.74 Å². The highest BCUT2D eigenvalue weighted by molar-refractivity contribution is 5.95.